The Morgan fingerprint density at radius 3 is 2.46 bits per heavy atom. The van der Waals surface area contributed by atoms with E-state index in [2.05, 4.69) is 4.72 Å². The first-order chi connectivity index (χ1) is 16.6. The molecule has 3 aromatic carbocycles. The third-order valence-corrected chi connectivity index (χ3v) is 9.61. The van der Waals surface area contributed by atoms with Gasteiger partial charge in [0.25, 0.3) is 10.0 Å². The molecule has 0 atom stereocenters. The van der Waals surface area contributed by atoms with Gasteiger partial charge in [-0.05, 0) is 73.9 Å². The average molecular weight is 508 g/mol. The molecule has 0 radical (unpaired) electrons. The monoisotopic (exact) mass is 507 g/mol. The fourth-order valence-electron chi connectivity index (χ4n) is 4.41. The number of benzene rings is 3. The van der Waals surface area contributed by atoms with Crippen molar-refractivity contribution in [3.8, 4) is 11.3 Å². The molecule has 1 fully saturated rings. The summed E-state index contributed by atoms with van der Waals surface area (Å²) >= 11 is 0. The Morgan fingerprint density at radius 2 is 1.71 bits per heavy atom. The highest BCUT2D eigenvalue weighted by Crippen LogP contribution is 2.31. The molecule has 1 aliphatic heterocycles. The second-order valence-corrected chi connectivity index (χ2v) is 12.4. The topological polar surface area (TPSA) is 96.4 Å². The number of pyridine rings is 1. The summed E-state index contributed by atoms with van der Waals surface area (Å²) in [6, 6.07) is 21.7. The van der Waals surface area contributed by atoms with Crippen LogP contribution in [0.3, 0.4) is 0 Å². The van der Waals surface area contributed by atoms with Crippen molar-refractivity contribution in [2.24, 2.45) is 0 Å². The van der Waals surface area contributed by atoms with Gasteiger partial charge in [-0.3, -0.25) is 9.03 Å². The van der Waals surface area contributed by atoms with Crippen LogP contribution in [-0.4, -0.2) is 34.1 Å². The summed E-state index contributed by atoms with van der Waals surface area (Å²) in [5.41, 5.74) is 4.82. The quantitative estimate of drug-likeness (QED) is 0.416. The first-order valence-electron chi connectivity index (χ1n) is 11.2. The van der Waals surface area contributed by atoms with Crippen molar-refractivity contribution in [3.05, 3.63) is 83.9 Å². The number of para-hydroxylation sites is 1. The predicted octanol–water partition coefficient (Wildman–Crippen LogP) is 4.86. The van der Waals surface area contributed by atoms with Gasteiger partial charge >= 0.3 is 0 Å². The largest absolute Gasteiger partial charge is 0.280 e. The molecule has 1 N–H and O–H groups in total. The first-order valence-corrected chi connectivity index (χ1v) is 14.3. The van der Waals surface area contributed by atoms with Crippen LogP contribution < -0.4 is 9.03 Å². The van der Waals surface area contributed by atoms with Gasteiger partial charge < -0.3 is 0 Å². The van der Waals surface area contributed by atoms with E-state index in [9.17, 15) is 16.8 Å². The molecule has 0 bridgehead atoms. The maximum atomic E-state index is 13.2. The van der Waals surface area contributed by atoms with Crippen LogP contribution in [0.4, 0.5) is 11.4 Å². The lowest BCUT2D eigenvalue weighted by atomic mass is 10.0. The normalized spacial score (nSPS) is 15.4. The Labute approximate surface area is 205 Å². The molecule has 1 aliphatic rings. The second-order valence-electron chi connectivity index (χ2n) is 8.72. The van der Waals surface area contributed by atoms with E-state index in [-0.39, 0.29) is 10.6 Å². The van der Waals surface area contributed by atoms with Crippen LogP contribution >= 0.6 is 0 Å². The zero-order valence-corrected chi connectivity index (χ0v) is 21.0. The van der Waals surface area contributed by atoms with Crippen molar-refractivity contribution < 1.29 is 16.8 Å². The van der Waals surface area contributed by atoms with Gasteiger partial charge in [0, 0.05) is 23.2 Å². The Morgan fingerprint density at radius 1 is 0.914 bits per heavy atom. The Balaban J connectivity index is 1.46. The van der Waals surface area contributed by atoms with Crippen molar-refractivity contribution in [2.75, 3.05) is 21.3 Å². The van der Waals surface area contributed by atoms with E-state index in [0.717, 1.165) is 27.7 Å². The zero-order valence-electron chi connectivity index (χ0n) is 19.4. The molecule has 5 rings (SSSR count). The summed E-state index contributed by atoms with van der Waals surface area (Å²) in [4.78, 5) is 4.85. The van der Waals surface area contributed by atoms with Gasteiger partial charge in [-0.2, -0.15) is 0 Å². The molecule has 180 valence electrons. The van der Waals surface area contributed by atoms with Crippen molar-refractivity contribution >= 4 is 42.3 Å². The second kappa shape index (κ2) is 8.66. The molecule has 0 unspecified atom stereocenters. The van der Waals surface area contributed by atoms with Crippen LogP contribution in [0.2, 0.25) is 0 Å². The highest BCUT2D eigenvalue weighted by atomic mass is 32.2. The number of anilines is 2. The standard InChI is InChI=1S/C26H25N3O4S2/c1-18-8-10-21(17-23(18)25-12-9-20-6-3-4-7-24(20)27-25)28-35(32,33)26-13-11-22(16-19(26)2)29-14-5-15-34(29,30)31/h3-4,6-13,16-17,28H,5,14-15H2,1-2H3. The van der Waals surface area contributed by atoms with E-state index in [4.69, 9.17) is 4.98 Å². The van der Waals surface area contributed by atoms with E-state index in [1.165, 1.54) is 10.4 Å². The number of hydrogen-bond acceptors (Lipinski definition) is 5. The number of hydrogen-bond donors (Lipinski definition) is 1. The lowest BCUT2D eigenvalue weighted by Crippen LogP contribution is -2.25. The minimum atomic E-state index is -3.90. The molecular formula is C26H25N3O4S2. The summed E-state index contributed by atoms with van der Waals surface area (Å²) in [5.74, 6) is 0.107. The van der Waals surface area contributed by atoms with E-state index < -0.39 is 20.0 Å². The fourth-order valence-corrected chi connectivity index (χ4v) is 7.24. The van der Waals surface area contributed by atoms with Crippen LogP contribution in [0.1, 0.15) is 17.5 Å². The lowest BCUT2D eigenvalue weighted by Gasteiger charge is -2.19. The van der Waals surface area contributed by atoms with Crippen molar-refractivity contribution in [1.29, 1.82) is 0 Å². The van der Waals surface area contributed by atoms with Crippen molar-refractivity contribution in [2.45, 2.75) is 25.2 Å². The fraction of sp³-hybridized carbons (Fsp3) is 0.192. The molecule has 0 spiro atoms. The number of aryl methyl sites for hydroxylation is 2. The van der Waals surface area contributed by atoms with Crippen LogP contribution in [0.5, 0.6) is 0 Å². The highest BCUT2D eigenvalue weighted by molar-refractivity contribution is 7.93. The Kier molecular flexibility index (Phi) is 5.77. The van der Waals surface area contributed by atoms with Crippen LogP contribution in [-0.2, 0) is 20.0 Å². The molecule has 0 amide bonds. The van der Waals surface area contributed by atoms with Gasteiger partial charge in [-0.25, -0.2) is 21.8 Å². The maximum Gasteiger partial charge on any atom is 0.262 e. The molecule has 0 saturated carbocycles. The summed E-state index contributed by atoms with van der Waals surface area (Å²) in [6.45, 7) is 4.03. The van der Waals surface area contributed by atoms with E-state index in [1.807, 2.05) is 49.4 Å². The number of rotatable bonds is 5. The van der Waals surface area contributed by atoms with Gasteiger partial charge in [0.2, 0.25) is 10.0 Å². The molecule has 1 aromatic heterocycles. The molecule has 0 aliphatic carbocycles. The number of nitrogens with one attached hydrogen (secondary N) is 1. The van der Waals surface area contributed by atoms with Crippen molar-refractivity contribution in [3.63, 3.8) is 0 Å². The molecular weight excluding hydrogens is 482 g/mol. The third kappa shape index (κ3) is 4.49. The number of fused-ring (bicyclic) bond motifs is 1. The third-order valence-electron chi connectivity index (χ3n) is 6.20. The molecule has 35 heavy (non-hydrogen) atoms. The van der Waals surface area contributed by atoms with Crippen LogP contribution in [0.25, 0.3) is 22.2 Å². The molecule has 7 nitrogen and oxygen atoms in total. The van der Waals surface area contributed by atoms with Gasteiger partial charge in [-0.15, -0.1) is 0 Å². The smallest absolute Gasteiger partial charge is 0.262 e. The molecule has 4 aromatic rings. The summed E-state index contributed by atoms with van der Waals surface area (Å²) in [7, 11) is -7.24. The van der Waals surface area contributed by atoms with Gasteiger partial charge in [0.15, 0.2) is 0 Å². The number of sulfonamides is 2. The highest BCUT2D eigenvalue weighted by Gasteiger charge is 2.29. The van der Waals surface area contributed by atoms with Crippen molar-refractivity contribution in [1.82, 2.24) is 4.98 Å². The van der Waals surface area contributed by atoms with Crippen LogP contribution in [0, 0.1) is 13.8 Å². The molecule has 2 heterocycles. The van der Waals surface area contributed by atoms with Gasteiger partial charge in [0.05, 0.1) is 27.5 Å². The first kappa shape index (κ1) is 23.3. The Hall–Kier alpha value is -3.43. The summed E-state index contributed by atoms with van der Waals surface area (Å²) < 4.78 is 54.9. The minimum Gasteiger partial charge on any atom is -0.280 e. The summed E-state index contributed by atoms with van der Waals surface area (Å²) in [6.07, 6.45) is 0.560. The molecule has 1 saturated heterocycles. The minimum absolute atomic E-state index is 0.101. The van der Waals surface area contributed by atoms with Gasteiger partial charge in [-0.1, -0.05) is 30.3 Å². The molecule has 9 heteroatoms. The summed E-state index contributed by atoms with van der Waals surface area (Å²) in [5, 5.41) is 1.03. The Bertz CT molecular complexity index is 1670. The van der Waals surface area contributed by atoms with Crippen LogP contribution in [0.15, 0.2) is 77.7 Å². The number of aromatic nitrogens is 1. The van der Waals surface area contributed by atoms with Gasteiger partial charge in [0.1, 0.15) is 0 Å². The lowest BCUT2D eigenvalue weighted by molar-refractivity contribution is 0.599. The number of nitrogens with zero attached hydrogens (tertiary/aromatic N) is 2. The maximum absolute atomic E-state index is 13.2. The van der Waals surface area contributed by atoms with E-state index in [1.54, 1.807) is 31.2 Å². The SMILES string of the molecule is Cc1ccc(NS(=O)(=O)c2ccc(N3CCCS3(=O)=O)cc2C)cc1-c1ccc2ccccc2n1. The average Bonchev–Trinajstić information content (AvgIpc) is 3.18. The van der Waals surface area contributed by atoms with E-state index in [0.29, 0.717) is 29.9 Å². The van der Waals surface area contributed by atoms with E-state index >= 15 is 0 Å². The zero-order chi connectivity index (χ0) is 24.8. The predicted molar refractivity (Wildman–Crippen MR) is 140 cm³/mol.